The van der Waals surface area contributed by atoms with Crippen LogP contribution in [0.15, 0.2) is 30.3 Å². The molecular weight excluding hydrogens is 310 g/mol. The van der Waals surface area contributed by atoms with Crippen molar-refractivity contribution < 1.29 is 27.6 Å². The maximum atomic E-state index is 13.0. The molecule has 0 aliphatic rings. The van der Waals surface area contributed by atoms with Crippen LogP contribution < -0.4 is 5.32 Å². The van der Waals surface area contributed by atoms with Gasteiger partial charge in [0.1, 0.15) is 5.82 Å². The Bertz CT molecular complexity index is 734. The van der Waals surface area contributed by atoms with Crippen molar-refractivity contribution in [3.8, 4) is 5.88 Å². The molecule has 0 saturated carbocycles. The average molecular weight is 317 g/mol. The molecule has 22 heavy (non-hydrogen) atoms. The minimum Gasteiger partial charge on any atom is -0.493 e. The van der Waals surface area contributed by atoms with E-state index in [0.29, 0.717) is 0 Å². The lowest BCUT2D eigenvalue weighted by Crippen LogP contribution is -2.10. The van der Waals surface area contributed by atoms with Crippen LogP contribution in [-0.2, 0) is 6.18 Å². The number of nitrogens with one attached hydrogen (secondary N) is 1. The van der Waals surface area contributed by atoms with Crippen molar-refractivity contribution in [1.82, 2.24) is 4.98 Å². The molecule has 0 amide bonds. The van der Waals surface area contributed by atoms with E-state index in [9.17, 15) is 32.8 Å². The number of benzene rings is 1. The summed E-state index contributed by atoms with van der Waals surface area (Å²) < 4.78 is 51.6. The first kappa shape index (κ1) is 15.5. The van der Waals surface area contributed by atoms with Gasteiger partial charge in [0.2, 0.25) is 11.7 Å². The molecule has 0 fully saturated rings. The number of anilines is 2. The second-order valence-corrected chi connectivity index (χ2v) is 4.11. The van der Waals surface area contributed by atoms with Gasteiger partial charge in [-0.25, -0.2) is 4.39 Å². The summed E-state index contributed by atoms with van der Waals surface area (Å²) >= 11 is 0. The Morgan fingerprint density at radius 3 is 2.50 bits per heavy atom. The summed E-state index contributed by atoms with van der Waals surface area (Å²) in [7, 11) is 0. The summed E-state index contributed by atoms with van der Waals surface area (Å²) in [5.74, 6) is -2.33. The highest BCUT2D eigenvalue weighted by molar-refractivity contribution is 5.68. The van der Waals surface area contributed by atoms with E-state index >= 15 is 0 Å². The Morgan fingerprint density at radius 2 is 1.91 bits per heavy atom. The van der Waals surface area contributed by atoms with Crippen LogP contribution >= 0.6 is 0 Å². The van der Waals surface area contributed by atoms with E-state index in [1.54, 1.807) is 0 Å². The van der Waals surface area contributed by atoms with E-state index in [0.717, 1.165) is 24.3 Å². The zero-order valence-electron chi connectivity index (χ0n) is 10.6. The van der Waals surface area contributed by atoms with Crippen LogP contribution in [0.1, 0.15) is 5.56 Å². The molecule has 0 aliphatic carbocycles. The molecule has 0 saturated heterocycles. The van der Waals surface area contributed by atoms with Crippen LogP contribution in [0.5, 0.6) is 5.88 Å². The van der Waals surface area contributed by atoms with Crippen LogP contribution in [0.3, 0.4) is 0 Å². The zero-order valence-corrected chi connectivity index (χ0v) is 10.6. The Morgan fingerprint density at radius 1 is 1.23 bits per heavy atom. The number of nitrogens with zero attached hydrogens (tertiary/aromatic N) is 2. The number of nitro groups is 1. The Balaban J connectivity index is 2.52. The van der Waals surface area contributed by atoms with Gasteiger partial charge >= 0.3 is 11.9 Å². The van der Waals surface area contributed by atoms with E-state index < -0.39 is 45.6 Å². The first-order valence-electron chi connectivity index (χ1n) is 5.66. The number of aromatic hydroxyl groups is 1. The molecule has 1 aromatic carbocycles. The molecule has 0 radical (unpaired) electrons. The molecule has 1 heterocycles. The fourth-order valence-electron chi connectivity index (χ4n) is 1.67. The molecule has 2 aromatic rings. The van der Waals surface area contributed by atoms with Crippen LogP contribution in [0.25, 0.3) is 0 Å². The molecule has 116 valence electrons. The first-order chi connectivity index (χ1) is 10.2. The van der Waals surface area contributed by atoms with Gasteiger partial charge in [-0.05, 0) is 18.2 Å². The fourth-order valence-corrected chi connectivity index (χ4v) is 1.67. The average Bonchev–Trinajstić information content (AvgIpc) is 2.39. The Kier molecular flexibility index (Phi) is 3.85. The van der Waals surface area contributed by atoms with Gasteiger partial charge < -0.3 is 10.4 Å². The predicted octanol–water partition coefficient (Wildman–Crippen LogP) is 3.60. The van der Waals surface area contributed by atoms with E-state index in [1.807, 2.05) is 0 Å². The summed E-state index contributed by atoms with van der Waals surface area (Å²) in [5, 5.41) is 22.1. The standard InChI is InChI=1S/C12H7F4N3O3/c13-6-1-2-8(7(5-6)12(14,15)16)17-11-9(19(21)22)3-4-10(20)18-11/h1-5H,(H2,17,18,20). The van der Waals surface area contributed by atoms with E-state index in [-0.39, 0.29) is 6.07 Å². The number of hydrogen-bond donors (Lipinski definition) is 2. The number of hydrogen-bond acceptors (Lipinski definition) is 5. The molecule has 6 nitrogen and oxygen atoms in total. The topological polar surface area (TPSA) is 88.3 Å². The first-order valence-corrected chi connectivity index (χ1v) is 5.66. The molecule has 0 unspecified atom stereocenters. The van der Waals surface area contributed by atoms with Crippen molar-refractivity contribution in [2.24, 2.45) is 0 Å². The number of rotatable bonds is 3. The zero-order chi connectivity index (χ0) is 16.5. The van der Waals surface area contributed by atoms with Crippen molar-refractivity contribution >= 4 is 17.2 Å². The van der Waals surface area contributed by atoms with Gasteiger partial charge in [0, 0.05) is 12.1 Å². The van der Waals surface area contributed by atoms with Crippen LogP contribution in [-0.4, -0.2) is 15.0 Å². The number of halogens is 4. The van der Waals surface area contributed by atoms with Gasteiger partial charge in [0.25, 0.3) is 0 Å². The summed E-state index contributed by atoms with van der Waals surface area (Å²) in [5.41, 5.74) is -2.63. The Labute approximate surface area is 120 Å². The molecule has 0 bridgehead atoms. The maximum Gasteiger partial charge on any atom is 0.418 e. The molecule has 0 atom stereocenters. The van der Waals surface area contributed by atoms with E-state index in [1.165, 1.54) is 0 Å². The lowest BCUT2D eigenvalue weighted by atomic mass is 10.1. The van der Waals surface area contributed by atoms with Crippen molar-refractivity contribution in [2.45, 2.75) is 6.18 Å². The smallest absolute Gasteiger partial charge is 0.418 e. The van der Waals surface area contributed by atoms with Gasteiger partial charge in [-0.15, -0.1) is 0 Å². The second kappa shape index (κ2) is 5.47. The minimum atomic E-state index is -4.88. The monoisotopic (exact) mass is 317 g/mol. The number of aromatic nitrogens is 1. The lowest BCUT2D eigenvalue weighted by Gasteiger charge is -2.14. The second-order valence-electron chi connectivity index (χ2n) is 4.11. The van der Waals surface area contributed by atoms with E-state index in [2.05, 4.69) is 10.3 Å². The summed E-state index contributed by atoms with van der Waals surface area (Å²) in [6.45, 7) is 0. The molecular formula is C12H7F4N3O3. The number of alkyl halides is 3. The fraction of sp³-hybridized carbons (Fsp3) is 0.0833. The highest BCUT2D eigenvalue weighted by Gasteiger charge is 2.34. The van der Waals surface area contributed by atoms with Crippen molar-refractivity contribution in [3.05, 3.63) is 51.8 Å². The van der Waals surface area contributed by atoms with Crippen molar-refractivity contribution in [1.29, 1.82) is 0 Å². The third kappa shape index (κ3) is 3.22. The summed E-state index contributed by atoms with van der Waals surface area (Å²) in [4.78, 5) is 13.3. The van der Waals surface area contributed by atoms with Crippen molar-refractivity contribution in [3.63, 3.8) is 0 Å². The van der Waals surface area contributed by atoms with Gasteiger partial charge in [0.05, 0.1) is 16.2 Å². The van der Waals surface area contributed by atoms with Crippen molar-refractivity contribution in [2.75, 3.05) is 5.32 Å². The number of pyridine rings is 1. The largest absolute Gasteiger partial charge is 0.493 e. The summed E-state index contributed by atoms with van der Waals surface area (Å²) in [6, 6.07) is 3.57. The molecule has 0 aliphatic heterocycles. The van der Waals surface area contributed by atoms with Crippen LogP contribution in [0, 0.1) is 15.9 Å². The van der Waals surface area contributed by atoms with Gasteiger partial charge in [-0.2, -0.15) is 18.2 Å². The van der Waals surface area contributed by atoms with Gasteiger partial charge in [-0.3, -0.25) is 10.1 Å². The van der Waals surface area contributed by atoms with Crippen LogP contribution in [0.2, 0.25) is 0 Å². The SMILES string of the molecule is O=[N+]([O-])c1ccc(O)nc1Nc1ccc(F)cc1C(F)(F)F. The molecule has 10 heteroatoms. The van der Waals surface area contributed by atoms with Crippen LogP contribution in [0.4, 0.5) is 34.8 Å². The Hall–Kier alpha value is -2.91. The molecule has 0 spiro atoms. The predicted molar refractivity (Wildman–Crippen MR) is 67.2 cm³/mol. The maximum absolute atomic E-state index is 13.0. The minimum absolute atomic E-state index is 0.247. The van der Waals surface area contributed by atoms with E-state index in [4.69, 9.17) is 0 Å². The van der Waals surface area contributed by atoms with Gasteiger partial charge in [-0.1, -0.05) is 0 Å². The normalized spacial score (nSPS) is 11.3. The third-order valence-electron chi connectivity index (χ3n) is 2.60. The highest BCUT2D eigenvalue weighted by atomic mass is 19.4. The highest BCUT2D eigenvalue weighted by Crippen LogP contribution is 2.37. The molecule has 2 rings (SSSR count). The lowest BCUT2D eigenvalue weighted by molar-refractivity contribution is -0.384. The molecule has 2 N–H and O–H groups in total. The quantitative estimate of drug-likeness (QED) is 0.513. The molecule has 1 aromatic heterocycles. The third-order valence-corrected chi connectivity index (χ3v) is 2.60. The van der Waals surface area contributed by atoms with Gasteiger partial charge in [0.15, 0.2) is 0 Å². The summed E-state index contributed by atoms with van der Waals surface area (Å²) in [6.07, 6.45) is -4.88.